The average molecular weight is 395 g/mol. The quantitative estimate of drug-likeness (QED) is 0.646. The Bertz CT molecular complexity index is 1200. The Morgan fingerprint density at radius 2 is 1.90 bits per heavy atom. The van der Waals surface area contributed by atoms with E-state index >= 15 is 0 Å². The lowest BCUT2D eigenvalue weighted by Crippen LogP contribution is -2.40. The van der Waals surface area contributed by atoms with Crippen molar-refractivity contribution in [1.82, 2.24) is 29.1 Å². The molecule has 0 spiro atoms. The lowest BCUT2D eigenvalue weighted by molar-refractivity contribution is 0.331. The van der Waals surface area contributed by atoms with Gasteiger partial charge in [0.25, 0.3) is 11.1 Å². The molecule has 0 bridgehead atoms. The van der Waals surface area contributed by atoms with Crippen molar-refractivity contribution in [3.8, 4) is 0 Å². The van der Waals surface area contributed by atoms with Crippen LogP contribution in [-0.2, 0) is 33.5 Å². The van der Waals surface area contributed by atoms with E-state index in [-0.39, 0.29) is 11.1 Å². The number of fused-ring (bicyclic) bond motifs is 2. The van der Waals surface area contributed by atoms with Crippen molar-refractivity contribution in [1.29, 1.82) is 0 Å². The molecule has 4 heterocycles. The zero-order valence-electron chi connectivity index (χ0n) is 16.8. The highest BCUT2D eigenvalue weighted by atomic mass is 16.1. The summed E-state index contributed by atoms with van der Waals surface area (Å²) < 4.78 is 4.88. The Morgan fingerprint density at radius 3 is 2.69 bits per heavy atom. The summed E-state index contributed by atoms with van der Waals surface area (Å²) in [7, 11) is 3.55. The van der Waals surface area contributed by atoms with Crippen molar-refractivity contribution >= 4 is 17.0 Å². The summed E-state index contributed by atoms with van der Waals surface area (Å²) >= 11 is 0. The minimum absolute atomic E-state index is 0.0118. The van der Waals surface area contributed by atoms with Gasteiger partial charge in [-0.15, -0.1) is 0 Å². The molecule has 3 aromatic rings. The summed E-state index contributed by atoms with van der Waals surface area (Å²) in [6.45, 7) is 2.25. The normalized spacial score (nSPS) is 17.2. The molecule has 0 saturated carbocycles. The predicted molar refractivity (Wildman–Crippen MR) is 109 cm³/mol. The van der Waals surface area contributed by atoms with E-state index in [1.807, 2.05) is 0 Å². The van der Waals surface area contributed by atoms with Crippen LogP contribution in [0.3, 0.4) is 0 Å². The maximum Gasteiger partial charge on any atom is 0.267 e. The molecule has 0 amide bonds. The van der Waals surface area contributed by atoms with E-state index in [0.29, 0.717) is 29.4 Å². The van der Waals surface area contributed by atoms with E-state index in [4.69, 9.17) is 0 Å². The molecule has 9 nitrogen and oxygen atoms in total. The van der Waals surface area contributed by atoms with Gasteiger partial charge in [-0.3, -0.25) is 18.8 Å². The molecule has 0 N–H and O–H groups in total. The van der Waals surface area contributed by atoms with Crippen LogP contribution in [0.2, 0.25) is 0 Å². The second-order valence-electron chi connectivity index (χ2n) is 8.24. The summed E-state index contributed by atoms with van der Waals surface area (Å²) in [5.74, 6) is 1.05. The van der Waals surface area contributed by atoms with E-state index in [1.54, 1.807) is 40.3 Å². The van der Waals surface area contributed by atoms with Gasteiger partial charge in [-0.05, 0) is 43.6 Å². The Kier molecular flexibility index (Phi) is 4.25. The summed E-state index contributed by atoms with van der Waals surface area (Å²) in [5, 5.41) is 9.44. The van der Waals surface area contributed by atoms with E-state index in [2.05, 4.69) is 20.1 Å². The minimum Gasteiger partial charge on any atom is -0.342 e. The predicted octanol–water partition coefficient (Wildman–Crippen LogP) is 0.629. The van der Waals surface area contributed by atoms with Gasteiger partial charge < -0.3 is 4.90 Å². The highest BCUT2D eigenvalue weighted by Gasteiger charge is 2.25. The summed E-state index contributed by atoms with van der Waals surface area (Å²) in [4.78, 5) is 31.8. The van der Waals surface area contributed by atoms with Crippen LogP contribution in [0.25, 0.3) is 11.0 Å². The van der Waals surface area contributed by atoms with Gasteiger partial charge >= 0.3 is 0 Å². The topological polar surface area (TPSA) is 90.8 Å². The number of piperidine rings is 1. The molecule has 0 unspecified atom stereocenters. The Labute approximate surface area is 167 Å². The van der Waals surface area contributed by atoms with Gasteiger partial charge in [0.2, 0.25) is 5.95 Å². The third-order valence-corrected chi connectivity index (χ3v) is 6.20. The van der Waals surface area contributed by atoms with Gasteiger partial charge in [0, 0.05) is 46.0 Å². The highest BCUT2D eigenvalue weighted by molar-refractivity contribution is 5.74. The fourth-order valence-electron chi connectivity index (χ4n) is 4.56. The van der Waals surface area contributed by atoms with E-state index < -0.39 is 0 Å². The molecule has 5 rings (SSSR count). The smallest absolute Gasteiger partial charge is 0.267 e. The van der Waals surface area contributed by atoms with Crippen LogP contribution in [0.15, 0.2) is 21.9 Å². The fraction of sp³-hybridized carbons (Fsp3) is 0.550. The zero-order chi connectivity index (χ0) is 20.1. The number of anilines is 1. The van der Waals surface area contributed by atoms with Crippen molar-refractivity contribution < 1.29 is 0 Å². The molecule has 3 aromatic heterocycles. The lowest BCUT2D eigenvalue weighted by Gasteiger charge is -2.33. The monoisotopic (exact) mass is 395 g/mol. The summed E-state index contributed by atoms with van der Waals surface area (Å²) in [6.07, 6.45) is 6.62. The molecule has 152 valence electrons. The first-order valence-corrected chi connectivity index (χ1v) is 10.2. The SMILES string of the molecule is Cn1cc2c(=O)n(C)c(N3CCC(Cn4nc5c(cc4=O)CCC5)CC3)nc2n1. The van der Waals surface area contributed by atoms with Crippen molar-refractivity contribution in [2.24, 2.45) is 20.0 Å². The van der Waals surface area contributed by atoms with Crippen LogP contribution >= 0.6 is 0 Å². The number of nitrogens with zero attached hydrogens (tertiary/aromatic N) is 7. The van der Waals surface area contributed by atoms with Crippen LogP contribution in [-0.4, -0.2) is 42.2 Å². The zero-order valence-corrected chi connectivity index (χ0v) is 16.8. The van der Waals surface area contributed by atoms with Crippen LogP contribution in [0.1, 0.15) is 30.5 Å². The van der Waals surface area contributed by atoms with Crippen LogP contribution in [0, 0.1) is 5.92 Å². The molecule has 29 heavy (non-hydrogen) atoms. The second kappa shape index (κ2) is 6.82. The van der Waals surface area contributed by atoms with Gasteiger partial charge in [-0.25, -0.2) is 4.68 Å². The van der Waals surface area contributed by atoms with Gasteiger partial charge in [-0.2, -0.15) is 15.2 Å². The highest BCUT2D eigenvalue weighted by Crippen LogP contribution is 2.23. The molecular weight excluding hydrogens is 370 g/mol. The first kappa shape index (κ1) is 18.1. The van der Waals surface area contributed by atoms with Crippen LogP contribution in [0.4, 0.5) is 5.95 Å². The summed E-state index contributed by atoms with van der Waals surface area (Å²) in [6, 6.07) is 1.77. The molecular formula is C20H25N7O2. The number of rotatable bonds is 3. The number of aryl methyl sites for hydroxylation is 3. The molecule has 0 atom stereocenters. The fourth-order valence-corrected chi connectivity index (χ4v) is 4.56. The third-order valence-electron chi connectivity index (χ3n) is 6.20. The second-order valence-corrected chi connectivity index (χ2v) is 8.24. The van der Waals surface area contributed by atoms with Crippen molar-refractivity contribution in [3.05, 3.63) is 44.2 Å². The first-order chi connectivity index (χ1) is 14.0. The number of aromatic nitrogens is 6. The van der Waals surface area contributed by atoms with Gasteiger partial charge in [-0.1, -0.05) is 0 Å². The van der Waals surface area contributed by atoms with Crippen molar-refractivity contribution in [2.75, 3.05) is 18.0 Å². The Morgan fingerprint density at radius 1 is 1.10 bits per heavy atom. The Hall–Kier alpha value is -2.97. The van der Waals surface area contributed by atoms with E-state index in [1.165, 1.54) is 0 Å². The van der Waals surface area contributed by atoms with E-state index in [9.17, 15) is 9.59 Å². The first-order valence-electron chi connectivity index (χ1n) is 10.2. The largest absolute Gasteiger partial charge is 0.342 e. The molecule has 0 radical (unpaired) electrons. The van der Waals surface area contributed by atoms with Crippen molar-refractivity contribution in [2.45, 2.75) is 38.6 Å². The van der Waals surface area contributed by atoms with Gasteiger partial charge in [0.15, 0.2) is 5.65 Å². The Balaban J connectivity index is 1.32. The third kappa shape index (κ3) is 3.14. The molecule has 9 heteroatoms. The lowest BCUT2D eigenvalue weighted by atomic mass is 9.97. The van der Waals surface area contributed by atoms with Crippen molar-refractivity contribution in [3.63, 3.8) is 0 Å². The maximum atomic E-state index is 12.6. The molecule has 2 aliphatic rings. The van der Waals surface area contributed by atoms with Gasteiger partial charge in [0.05, 0.1) is 5.69 Å². The molecule has 1 aliphatic carbocycles. The number of hydrogen-bond acceptors (Lipinski definition) is 6. The van der Waals surface area contributed by atoms with Crippen LogP contribution in [0.5, 0.6) is 0 Å². The standard InChI is InChI=1S/C20H25N7O2/c1-24-12-15-18(23-24)21-20(25(2)19(15)29)26-8-6-13(7-9-26)11-27-17(28)10-14-4-3-5-16(14)22-27/h10,12-13H,3-9,11H2,1-2H3. The molecule has 1 saturated heterocycles. The summed E-state index contributed by atoms with van der Waals surface area (Å²) in [5.41, 5.74) is 2.64. The maximum absolute atomic E-state index is 12.6. The molecule has 0 aromatic carbocycles. The minimum atomic E-state index is -0.0749. The molecule has 1 fully saturated rings. The van der Waals surface area contributed by atoms with Gasteiger partial charge in [0.1, 0.15) is 5.39 Å². The van der Waals surface area contributed by atoms with Crippen LogP contribution < -0.4 is 16.0 Å². The van der Waals surface area contributed by atoms with E-state index in [0.717, 1.165) is 56.5 Å². The average Bonchev–Trinajstić information content (AvgIpc) is 3.31. The molecule has 1 aliphatic heterocycles. The number of hydrogen-bond donors (Lipinski definition) is 0.